The van der Waals surface area contributed by atoms with Gasteiger partial charge in [-0.3, -0.25) is 4.79 Å². The molecule has 4 nitrogen and oxygen atoms in total. The zero-order valence-corrected chi connectivity index (χ0v) is 13.3. The quantitative estimate of drug-likeness (QED) is 0.874. The monoisotopic (exact) mass is 308 g/mol. The average molecular weight is 308 g/mol. The molecule has 0 atom stereocenters. The summed E-state index contributed by atoms with van der Waals surface area (Å²) in [5.41, 5.74) is 6.05. The van der Waals surface area contributed by atoms with E-state index in [2.05, 4.69) is 5.32 Å². The molecule has 0 bridgehead atoms. The molecular weight excluding hydrogens is 283 g/mol. The van der Waals surface area contributed by atoms with Crippen molar-refractivity contribution in [2.75, 3.05) is 26.3 Å². The minimum atomic E-state index is -0.517. The lowest BCUT2D eigenvalue weighted by Crippen LogP contribution is -2.51. The molecular formula is C17H25FN2O2. The van der Waals surface area contributed by atoms with Gasteiger partial charge in [0.25, 0.3) is 0 Å². The van der Waals surface area contributed by atoms with Crippen LogP contribution < -0.4 is 11.1 Å². The fourth-order valence-corrected chi connectivity index (χ4v) is 2.78. The van der Waals surface area contributed by atoms with Gasteiger partial charge in [0.15, 0.2) is 0 Å². The number of amides is 1. The van der Waals surface area contributed by atoms with Gasteiger partial charge in [0.05, 0.1) is 5.41 Å². The molecule has 0 aliphatic carbocycles. The summed E-state index contributed by atoms with van der Waals surface area (Å²) >= 11 is 0. The van der Waals surface area contributed by atoms with Crippen molar-refractivity contribution in [3.8, 4) is 0 Å². The fourth-order valence-electron chi connectivity index (χ4n) is 2.78. The zero-order valence-electron chi connectivity index (χ0n) is 13.3. The maximum atomic E-state index is 13.0. The van der Waals surface area contributed by atoms with Crippen LogP contribution in [0.3, 0.4) is 0 Å². The third-order valence-corrected chi connectivity index (χ3v) is 4.64. The maximum absolute atomic E-state index is 13.0. The van der Waals surface area contributed by atoms with Crippen molar-refractivity contribution in [3.63, 3.8) is 0 Å². The topological polar surface area (TPSA) is 64.4 Å². The Morgan fingerprint density at radius 3 is 2.45 bits per heavy atom. The molecule has 0 unspecified atom stereocenters. The smallest absolute Gasteiger partial charge is 0.227 e. The van der Waals surface area contributed by atoms with E-state index in [4.69, 9.17) is 10.5 Å². The molecule has 1 aliphatic heterocycles. The number of nitrogens with two attached hydrogens (primary N) is 1. The first-order chi connectivity index (χ1) is 10.4. The van der Waals surface area contributed by atoms with E-state index in [-0.39, 0.29) is 17.1 Å². The van der Waals surface area contributed by atoms with Gasteiger partial charge in [0, 0.05) is 31.7 Å². The Bertz CT molecular complexity index is 508. The second-order valence-electron chi connectivity index (χ2n) is 6.67. The van der Waals surface area contributed by atoms with E-state index in [1.807, 2.05) is 13.8 Å². The largest absolute Gasteiger partial charge is 0.381 e. The summed E-state index contributed by atoms with van der Waals surface area (Å²) in [6.07, 6.45) is 1.32. The van der Waals surface area contributed by atoms with Crippen LogP contribution in [0.1, 0.15) is 32.3 Å². The molecule has 0 saturated carbocycles. The molecule has 1 aromatic carbocycles. The minimum Gasteiger partial charge on any atom is -0.381 e. The van der Waals surface area contributed by atoms with Crippen LogP contribution in [-0.4, -0.2) is 32.2 Å². The number of carbonyl (C=O) groups excluding carboxylic acids is 1. The van der Waals surface area contributed by atoms with Crippen molar-refractivity contribution in [2.45, 2.75) is 32.1 Å². The highest BCUT2D eigenvalue weighted by Crippen LogP contribution is 2.30. The van der Waals surface area contributed by atoms with Crippen LogP contribution in [0.2, 0.25) is 0 Å². The first kappa shape index (κ1) is 16.9. The van der Waals surface area contributed by atoms with Crippen molar-refractivity contribution in [3.05, 3.63) is 35.6 Å². The lowest BCUT2D eigenvalue weighted by molar-refractivity contribution is -0.136. The van der Waals surface area contributed by atoms with E-state index >= 15 is 0 Å². The van der Waals surface area contributed by atoms with E-state index in [9.17, 15) is 9.18 Å². The van der Waals surface area contributed by atoms with Gasteiger partial charge in [-0.1, -0.05) is 26.0 Å². The Hall–Kier alpha value is -1.46. The number of halogens is 1. The second kappa shape index (κ2) is 6.75. The average Bonchev–Trinajstić information content (AvgIpc) is 2.53. The highest BCUT2D eigenvalue weighted by Gasteiger charge is 2.39. The molecule has 122 valence electrons. The van der Waals surface area contributed by atoms with Gasteiger partial charge in [0.2, 0.25) is 5.91 Å². The van der Waals surface area contributed by atoms with Crippen molar-refractivity contribution in [1.82, 2.24) is 5.32 Å². The third kappa shape index (κ3) is 3.65. The van der Waals surface area contributed by atoms with Crippen LogP contribution in [0.15, 0.2) is 24.3 Å². The molecule has 0 spiro atoms. The van der Waals surface area contributed by atoms with Crippen molar-refractivity contribution < 1.29 is 13.9 Å². The molecule has 3 N–H and O–H groups in total. The van der Waals surface area contributed by atoms with E-state index < -0.39 is 5.41 Å². The first-order valence-corrected chi connectivity index (χ1v) is 7.72. The summed E-state index contributed by atoms with van der Waals surface area (Å²) in [4.78, 5) is 12.6. The van der Waals surface area contributed by atoms with E-state index in [1.165, 1.54) is 12.1 Å². The molecule has 1 fully saturated rings. The predicted octanol–water partition coefficient (Wildman–Crippen LogP) is 1.97. The first-order valence-electron chi connectivity index (χ1n) is 7.72. The molecule has 1 aliphatic rings. The lowest BCUT2D eigenvalue weighted by atomic mass is 9.78. The molecule has 1 aromatic rings. The van der Waals surface area contributed by atoms with Crippen LogP contribution >= 0.6 is 0 Å². The summed E-state index contributed by atoms with van der Waals surface area (Å²) in [6.45, 7) is 6.02. The summed E-state index contributed by atoms with van der Waals surface area (Å²) in [7, 11) is 0. The van der Waals surface area contributed by atoms with Gasteiger partial charge in [-0.25, -0.2) is 4.39 Å². The van der Waals surface area contributed by atoms with Gasteiger partial charge < -0.3 is 15.8 Å². The molecule has 1 heterocycles. The van der Waals surface area contributed by atoms with Crippen LogP contribution in [0, 0.1) is 11.2 Å². The summed E-state index contributed by atoms with van der Waals surface area (Å²) in [6, 6.07) is 6.40. The van der Waals surface area contributed by atoms with Crippen molar-refractivity contribution >= 4 is 5.91 Å². The van der Waals surface area contributed by atoms with E-state index in [1.54, 1.807) is 12.1 Å². The Labute approximate surface area is 131 Å². The molecule has 1 amide bonds. The Kier molecular flexibility index (Phi) is 5.19. The Morgan fingerprint density at radius 1 is 1.32 bits per heavy atom. The second-order valence-corrected chi connectivity index (χ2v) is 6.67. The normalized spacial score (nSPS) is 18.0. The van der Waals surface area contributed by atoms with Gasteiger partial charge in [-0.05, 0) is 30.5 Å². The van der Waals surface area contributed by atoms with Crippen LogP contribution in [-0.2, 0) is 14.9 Å². The van der Waals surface area contributed by atoms with Crippen molar-refractivity contribution in [1.29, 1.82) is 0 Å². The number of hydrogen-bond donors (Lipinski definition) is 2. The summed E-state index contributed by atoms with van der Waals surface area (Å²) < 4.78 is 18.4. The van der Waals surface area contributed by atoms with Gasteiger partial charge in [-0.2, -0.15) is 0 Å². The lowest BCUT2D eigenvalue weighted by Gasteiger charge is -2.36. The maximum Gasteiger partial charge on any atom is 0.227 e. The molecule has 0 aromatic heterocycles. The standard InChI is InChI=1S/C17H25FN2O2/c1-16(2,13-3-5-14(18)6-4-13)12-20-15(21)17(11-19)7-9-22-10-8-17/h3-6H,7-12,19H2,1-2H3,(H,20,21). The summed E-state index contributed by atoms with van der Waals surface area (Å²) in [5, 5.41) is 3.03. The fraction of sp³-hybridized carbons (Fsp3) is 0.588. The van der Waals surface area contributed by atoms with Gasteiger partial charge in [-0.15, -0.1) is 0 Å². The molecule has 0 radical (unpaired) electrons. The van der Waals surface area contributed by atoms with E-state index in [0.29, 0.717) is 39.1 Å². The molecule has 2 rings (SSSR count). The Balaban J connectivity index is 2.01. The highest BCUT2D eigenvalue weighted by atomic mass is 19.1. The molecule has 22 heavy (non-hydrogen) atoms. The van der Waals surface area contributed by atoms with Crippen LogP contribution in [0.4, 0.5) is 4.39 Å². The Morgan fingerprint density at radius 2 is 1.91 bits per heavy atom. The van der Waals surface area contributed by atoms with Crippen LogP contribution in [0.25, 0.3) is 0 Å². The minimum absolute atomic E-state index is 0.00603. The highest BCUT2D eigenvalue weighted by molar-refractivity contribution is 5.83. The predicted molar refractivity (Wildman–Crippen MR) is 84.0 cm³/mol. The summed E-state index contributed by atoms with van der Waals surface area (Å²) in [5.74, 6) is -0.263. The zero-order chi connectivity index (χ0) is 16.2. The number of carbonyl (C=O) groups is 1. The third-order valence-electron chi connectivity index (χ3n) is 4.64. The number of rotatable bonds is 5. The SMILES string of the molecule is CC(C)(CNC(=O)C1(CN)CCOCC1)c1ccc(F)cc1. The number of benzene rings is 1. The van der Waals surface area contributed by atoms with Gasteiger partial charge >= 0.3 is 0 Å². The molecule has 1 saturated heterocycles. The van der Waals surface area contributed by atoms with Gasteiger partial charge in [0.1, 0.15) is 5.82 Å². The number of ether oxygens (including phenoxy) is 1. The molecule has 5 heteroatoms. The van der Waals surface area contributed by atoms with E-state index in [0.717, 1.165) is 5.56 Å². The number of nitrogens with one attached hydrogen (secondary N) is 1. The van der Waals surface area contributed by atoms with Crippen LogP contribution in [0.5, 0.6) is 0 Å². The number of hydrogen-bond acceptors (Lipinski definition) is 3. The van der Waals surface area contributed by atoms with Crippen molar-refractivity contribution in [2.24, 2.45) is 11.1 Å².